The van der Waals surface area contributed by atoms with Crippen LogP contribution >= 0.6 is 0 Å². The summed E-state index contributed by atoms with van der Waals surface area (Å²) in [5.74, 6) is -1.53. The fourth-order valence-corrected chi connectivity index (χ4v) is 3.06. The Bertz CT molecular complexity index is 437. The molecule has 4 unspecified atom stereocenters. The summed E-state index contributed by atoms with van der Waals surface area (Å²) in [6, 6.07) is 3.71. The molecule has 2 fully saturated rings. The number of ether oxygens (including phenoxy) is 1. The first-order valence-electron chi connectivity index (χ1n) is 6.02. The minimum Gasteiger partial charge on any atom is -0.375 e. The Morgan fingerprint density at radius 2 is 2.12 bits per heavy atom. The number of fused-ring (bicyclic) bond motifs is 2. The first-order chi connectivity index (χ1) is 8.16. The van der Waals surface area contributed by atoms with E-state index in [1.54, 1.807) is 6.07 Å². The van der Waals surface area contributed by atoms with Gasteiger partial charge in [0.2, 0.25) is 0 Å². The quantitative estimate of drug-likeness (QED) is 0.860. The van der Waals surface area contributed by atoms with Crippen LogP contribution in [0.1, 0.15) is 30.9 Å². The van der Waals surface area contributed by atoms with E-state index in [1.165, 1.54) is 6.07 Å². The molecule has 2 heterocycles. The van der Waals surface area contributed by atoms with E-state index >= 15 is 0 Å². The van der Waals surface area contributed by atoms with Gasteiger partial charge in [0, 0.05) is 17.5 Å². The largest absolute Gasteiger partial charge is 0.375 e. The molecule has 2 aliphatic rings. The summed E-state index contributed by atoms with van der Waals surface area (Å²) in [4.78, 5) is 0. The smallest absolute Gasteiger partial charge is 0.163 e. The number of halogens is 2. The Hall–Kier alpha value is -1.00. The van der Waals surface area contributed by atoms with Crippen molar-refractivity contribution in [3.05, 3.63) is 35.4 Å². The average Bonchev–Trinajstić information content (AvgIpc) is 2.94. The third kappa shape index (κ3) is 1.76. The van der Waals surface area contributed by atoms with E-state index in [0.717, 1.165) is 25.3 Å². The SMILES string of the molecule is NC(c1cccc(F)c1F)C1CC2CCC1O2. The van der Waals surface area contributed by atoms with Crippen LogP contribution < -0.4 is 5.73 Å². The van der Waals surface area contributed by atoms with Crippen molar-refractivity contribution in [1.29, 1.82) is 0 Å². The van der Waals surface area contributed by atoms with Gasteiger partial charge in [0.25, 0.3) is 0 Å². The first kappa shape index (κ1) is 11.1. The van der Waals surface area contributed by atoms with E-state index in [2.05, 4.69) is 0 Å². The van der Waals surface area contributed by atoms with Gasteiger partial charge in [-0.25, -0.2) is 8.78 Å². The Kier molecular flexibility index (Phi) is 2.64. The molecule has 0 amide bonds. The molecular weight excluding hydrogens is 224 g/mol. The molecule has 4 heteroatoms. The molecule has 2 nitrogen and oxygen atoms in total. The van der Waals surface area contributed by atoms with Gasteiger partial charge in [0.15, 0.2) is 11.6 Å². The van der Waals surface area contributed by atoms with Crippen molar-refractivity contribution in [2.75, 3.05) is 0 Å². The van der Waals surface area contributed by atoms with Crippen molar-refractivity contribution < 1.29 is 13.5 Å². The van der Waals surface area contributed by atoms with Crippen molar-refractivity contribution in [2.24, 2.45) is 11.7 Å². The number of rotatable bonds is 2. The average molecular weight is 239 g/mol. The number of hydrogen-bond donors (Lipinski definition) is 1. The molecule has 92 valence electrons. The summed E-state index contributed by atoms with van der Waals surface area (Å²) in [5, 5.41) is 0. The fourth-order valence-electron chi connectivity index (χ4n) is 3.06. The Morgan fingerprint density at radius 3 is 2.76 bits per heavy atom. The maximum absolute atomic E-state index is 13.7. The molecule has 4 atom stereocenters. The number of benzene rings is 1. The molecule has 0 radical (unpaired) electrons. The van der Waals surface area contributed by atoms with Crippen molar-refractivity contribution in [3.8, 4) is 0 Å². The molecule has 0 aromatic heterocycles. The van der Waals surface area contributed by atoms with Crippen LogP contribution in [0.25, 0.3) is 0 Å². The molecule has 0 spiro atoms. The van der Waals surface area contributed by atoms with Gasteiger partial charge < -0.3 is 10.5 Å². The fraction of sp³-hybridized carbons (Fsp3) is 0.538. The zero-order valence-corrected chi connectivity index (χ0v) is 9.40. The molecule has 2 N–H and O–H groups in total. The van der Waals surface area contributed by atoms with Crippen LogP contribution in [0.5, 0.6) is 0 Å². The molecule has 17 heavy (non-hydrogen) atoms. The summed E-state index contributed by atoms with van der Waals surface area (Å²) < 4.78 is 32.5. The monoisotopic (exact) mass is 239 g/mol. The Morgan fingerprint density at radius 1 is 1.29 bits per heavy atom. The van der Waals surface area contributed by atoms with E-state index in [1.807, 2.05) is 0 Å². The number of hydrogen-bond acceptors (Lipinski definition) is 2. The van der Waals surface area contributed by atoms with E-state index in [4.69, 9.17) is 10.5 Å². The number of nitrogens with two attached hydrogens (primary N) is 1. The van der Waals surface area contributed by atoms with Crippen LogP contribution in [0, 0.1) is 17.6 Å². The molecular formula is C13H15F2NO. The second-order valence-corrected chi connectivity index (χ2v) is 4.94. The maximum atomic E-state index is 13.7. The van der Waals surface area contributed by atoms with Crippen molar-refractivity contribution in [2.45, 2.75) is 37.5 Å². The highest BCUT2D eigenvalue weighted by atomic mass is 19.2. The van der Waals surface area contributed by atoms with Crippen LogP contribution in [0.2, 0.25) is 0 Å². The van der Waals surface area contributed by atoms with Crippen molar-refractivity contribution in [1.82, 2.24) is 0 Å². The zero-order chi connectivity index (χ0) is 12.0. The van der Waals surface area contributed by atoms with Gasteiger partial charge in [-0.3, -0.25) is 0 Å². The molecule has 3 rings (SSSR count). The summed E-state index contributed by atoms with van der Waals surface area (Å²) in [5.41, 5.74) is 6.34. The lowest BCUT2D eigenvalue weighted by atomic mass is 9.81. The third-order valence-corrected chi connectivity index (χ3v) is 3.95. The predicted octanol–water partition coefficient (Wildman–Crippen LogP) is 2.53. The topological polar surface area (TPSA) is 35.2 Å². The summed E-state index contributed by atoms with van der Waals surface area (Å²) >= 11 is 0. The van der Waals surface area contributed by atoms with Gasteiger partial charge >= 0.3 is 0 Å². The van der Waals surface area contributed by atoms with Crippen LogP contribution in [0.3, 0.4) is 0 Å². The molecule has 2 aliphatic heterocycles. The lowest BCUT2D eigenvalue weighted by molar-refractivity contribution is 0.0882. The van der Waals surface area contributed by atoms with Gasteiger partial charge in [-0.1, -0.05) is 12.1 Å². The zero-order valence-electron chi connectivity index (χ0n) is 9.40. The molecule has 0 saturated carbocycles. The van der Waals surface area contributed by atoms with E-state index in [9.17, 15) is 8.78 Å². The van der Waals surface area contributed by atoms with Gasteiger partial charge in [-0.15, -0.1) is 0 Å². The Balaban J connectivity index is 1.86. The van der Waals surface area contributed by atoms with Crippen LogP contribution in [-0.2, 0) is 4.74 Å². The summed E-state index contributed by atoms with van der Waals surface area (Å²) in [6.07, 6.45) is 3.31. The van der Waals surface area contributed by atoms with Crippen LogP contribution in [0.4, 0.5) is 8.78 Å². The predicted molar refractivity (Wildman–Crippen MR) is 59.3 cm³/mol. The lowest BCUT2D eigenvalue weighted by Crippen LogP contribution is -2.30. The van der Waals surface area contributed by atoms with Gasteiger partial charge in [0.1, 0.15) is 0 Å². The van der Waals surface area contributed by atoms with Crippen LogP contribution in [-0.4, -0.2) is 12.2 Å². The Labute approximate surface area is 98.8 Å². The van der Waals surface area contributed by atoms with Gasteiger partial charge in [-0.2, -0.15) is 0 Å². The lowest BCUT2D eigenvalue weighted by Gasteiger charge is -2.25. The van der Waals surface area contributed by atoms with Gasteiger partial charge in [-0.05, 0) is 25.3 Å². The molecule has 1 aromatic rings. The second kappa shape index (κ2) is 4.03. The molecule has 0 aliphatic carbocycles. The highest BCUT2D eigenvalue weighted by Gasteiger charge is 2.44. The molecule has 2 saturated heterocycles. The standard InChI is InChI=1S/C13H15F2NO/c14-10-3-1-2-8(12(10)15)13(16)9-6-7-4-5-11(9)17-7/h1-3,7,9,11,13H,4-6,16H2. The highest BCUT2D eigenvalue weighted by molar-refractivity contribution is 5.23. The van der Waals surface area contributed by atoms with Crippen LogP contribution in [0.15, 0.2) is 18.2 Å². The van der Waals surface area contributed by atoms with E-state index < -0.39 is 17.7 Å². The highest BCUT2D eigenvalue weighted by Crippen LogP contribution is 2.44. The summed E-state index contributed by atoms with van der Waals surface area (Å²) in [6.45, 7) is 0. The van der Waals surface area contributed by atoms with E-state index in [0.29, 0.717) is 0 Å². The minimum atomic E-state index is -0.831. The molecule has 2 bridgehead atoms. The van der Waals surface area contributed by atoms with E-state index in [-0.39, 0.29) is 23.7 Å². The van der Waals surface area contributed by atoms with Crippen molar-refractivity contribution in [3.63, 3.8) is 0 Å². The van der Waals surface area contributed by atoms with Gasteiger partial charge in [0.05, 0.1) is 12.2 Å². The minimum absolute atomic E-state index is 0.116. The molecule has 1 aromatic carbocycles. The second-order valence-electron chi connectivity index (χ2n) is 4.94. The maximum Gasteiger partial charge on any atom is 0.163 e. The van der Waals surface area contributed by atoms with Crippen molar-refractivity contribution >= 4 is 0 Å². The first-order valence-corrected chi connectivity index (χ1v) is 6.02. The normalized spacial score (nSPS) is 33.0. The summed E-state index contributed by atoms with van der Waals surface area (Å²) in [7, 11) is 0. The third-order valence-electron chi connectivity index (χ3n) is 3.95.